The minimum absolute atomic E-state index is 0.143. The lowest BCUT2D eigenvalue weighted by molar-refractivity contribution is 0.0318. The van der Waals surface area contributed by atoms with E-state index in [0.717, 1.165) is 5.69 Å². The van der Waals surface area contributed by atoms with Crippen LogP contribution in [0.5, 0.6) is 6.01 Å². The normalized spacial score (nSPS) is 12.2. The van der Waals surface area contributed by atoms with E-state index in [9.17, 15) is 9.50 Å². The molecule has 0 unspecified atom stereocenters. The standard InChI is InChI=1S/C25H33FN4O4/c1-4-32-13-14-34-25-28-24(22-7-5-6-8-23(22)26)30(29-25)20-11-9-19(10-12-20)27-15-21(31)17-33-16-18(2)3/h5-12,18,21,27,31H,4,13-17H2,1-3H3/t21-/m0/s1. The van der Waals surface area contributed by atoms with Crippen molar-refractivity contribution in [2.75, 3.05) is 44.9 Å². The summed E-state index contributed by atoms with van der Waals surface area (Å²) in [6.45, 7) is 8.58. The lowest BCUT2D eigenvalue weighted by atomic mass is 10.2. The number of benzene rings is 2. The first-order chi connectivity index (χ1) is 16.5. The zero-order chi connectivity index (χ0) is 24.3. The van der Waals surface area contributed by atoms with E-state index in [-0.39, 0.29) is 12.6 Å². The van der Waals surface area contributed by atoms with Crippen LogP contribution in [-0.2, 0) is 9.47 Å². The fraction of sp³-hybridized carbons (Fsp3) is 0.440. The quantitative estimate of drug-likeness (QED) is 0.344. The molecule has 0 saturated carbocycles. The van der Waals surface area contributed by atoms with Crippen molar-refractivity contribution in [2.24, 2.45) is 5.92 Å². The molecule has 1 atom stereocenters. The number of nitrogens with one attached hydrogen (secondary N) is 1. The summed E-state index contributed by atoms with van der Waals surface area (Å²) >= 11 is 0. The summed E-state index contributed by atoms with van der Waals surface area (Å²) in [5.74, 6) is 0.362. The molecule has 0 fully saturated rings. The molecule has 1 aromatic heterocycles. The zero-order valence-corrected chi connectivity index (χ0v) is 19.9. The molecule has 0 spiro atoms. The molecule has 34 heavy (non-hydrogen) atoms. The minimum atomic E-state index is -0.613. The molecule has 0 radical (unpaired) electrons. The van der Waals surface area contributed by atoms with Gasteiger partial charge in [0.25, 0.3) is 0 Å². The number of hydrogen-bond donors (Lipinski definition) is 2. The molecule has 0 saturated heterocycles. The summed E-state index contributed by atoms with van der Waals surface area (Å²) in [5.41, 5.74) is 1.84. The minimum Gasteiger partial charge on any atom is -0.460 e. The topological polar surface area (TPSA) is 90.7 Å². The lowest BCUT2D eigenvalue weighted by Crippen LogP contribution is -2.25. The molecular formula is C25H33FN4O4. The van der Waals surface area contributed by atoms with Crippen LogP contribution >= 0.6 is 0 Å². The molecule has 8 nitrogen and oxygen atoms in total. The molecule has 184 valence electrons. The number of aliphatic hydroxyl groups excluding tert-OH is 1. The molecule has 0 aliphatic carbocycles. The number of ether oxygens (including phenoxy) is 3. The molecule has 0 aliphatic rings. The van der Waals surface area contributed by atoms with Crippen LogP contribution in [0.1, 0.15) is 20.8 Å². The molecule has 0 bridgehead atoms. The van der Waals surface area contributed by atoms with Crippen molar-refractivity contribution in [3.63, 3.8) is 0 Å². The van der Waals surface area contributed by atoms with E-state index in [1.54, 1.807) is 22.9 Å². The summed E-state index contributed by atoms with van der Waals surface area (Å²) in [7, 11) is 0. The molecule has 0 amide bonds. The molecule has 2 N–H and O–H groups in total. The lowest BCUT2D eigenvalue weighted by Gasteiger charge is -2.14. The molecule has 3 aromatic rings. The Bertz CT molecular complexity index is 1010. The number of nitrogens with zero attached hydrogens (tertiary/aromatic N) is 3. The number of aliphatic hydroxyl groups is 1. The van der Waals surface area contributed by atoms with Crippen LogP contribution in [0.25, 0.3) is 17.1 Å². The van der Waals surface area contributed by atoms with Gasteiger partial charge in [-0.2, -0.15) is 4.98 Å². The van der Waals surface area contributed by atoms with Crippen LogP contribution in [0.3, 0.4) is 0 Å². The van der Waals surface area contributed by atoms with Crippen molar-refractivity contribution < 1.29 is 23.7 Å². The van der Waals surface area contributed by atoms with E-state index in [4.69, 9.17) is 14.2 Å². The highest BCUT2D eigenvalue weighted by molar-refractivity contribution is 5.60. The van der Waals surface area contributed by atoms with Crippen LogP contribution in [0.4, 0.5) is 10.1 Å². The van der Waals surface area contributed by atoms with Crippen molar-refractivity contribution in [1.82, 2.24) is 14.8 Å². The van der Waals surface area contributed by atoms with E-state index < -0.39 is 11.9 Å². The third kappa shape index (κ3) is 7.51. The molecule has 3 rings (SSSR count). The Labute approximate surface area is 199 Å². The zero-order valence-electron chi connectivity index (χ0n) is 19.9. The van der Waals surface area contributed by atoms with Crippen LogP contribution in [0.2, 0.25) is 0 Å². The summed E-state index contributed by atoms with van der Waals surface area (Å²) in [6.07, 6.45) is -0.613. The second kappa shape index (κ2) is 13.0. The van der Waals surface area contributed by atoms with Gasteiger partial charge in [0, 0.05) is 25.4 Å². The van der Waals surface area contributed by atoms with Gasteiger partial charge in [0.2, 0.25) is 0 Å². The van der Waals surface area contributed by atoms with Crippen LogP contribution in [0.15, 0.2) is 48.5 Å². The SMILES string of the molecule is CCOCCOc1nc(-c2ccccc2F)n(-c2ccc(NC[C@H](O)COCC(C)C)cc2)n1. The second-order valence-corrected chi connectivity index (χ2v) is 8.17. The van der Waals surface area contributed by atoms with Gasteiger partial charge in [0.05, 0.1) is 30.6 Å². The largest absolute Gasteiger partial charge is 0.460 e. The molecule has 2 aromatic carbocycles. The van der Waals surface area contributed by atoms with Gasteiger partial charge in [-0.25, -0.2) is 9.07 Å². The van der Waals surface area contributed by atoms with Crippen molar-refractivity contribution in [1.29, 1.82) is 0 Å². The smallest absolute Gasteiger partial charge is 0.336 e. The summed E-state index contributed by atoms with van der Waals surface area (Å²) in [6, 6.07) is 14.0. The molecule has 1 heterocycles. The van der Waals surface area contributed by atoms with Crippen LogP contribution < -0.4 is 10.1 Å². The van der Waals surface area contributed by atoms with E-state index >= 15 is 0 Å². The van der Waals surface area contributed by atoms with Gasteiger partial charge in [0.15, 0.2) is 5.82 Å². The van der Waals surface area contributed by atoms with Crippen molar-refractivity contribution >= 4 is 5.69 Å². The third-order valence-electron chi connectivity index (χ3n) is 4.78. The van der Waals surface area contributed by atoms with Gasteiger partial charge >= 0.3 is 6.01 Å². The predicted octanol–water partition coefficient (Wildman–Crippen LogP) is 3.93. The first-order valence-corrected chi connectivity index (χ1v) is 11.5. The highest BCUT2D eigenvalue weighted by Crippen LogP contribution is 2.26. The van der Waals surface area contributed by atoms with Gasteiger partial charge in [-0.05, 0) is 49.2 Å². The van der Waals surface area contributed by atoms with E-state index in [2.05, 4.69) is 29.2 Å². The number of aromatic nitrogens is 3. The molecule has 9 heteroatoms. The Kier molecular flexibility index (Phi) is 9.81. The summed E-state index contributed by atoms with van der Waals surface area (Å²) < 4.78 is 32.4. The van der Waals surface area contributed by atoms with Gasteiger partial charge in [-0.15, -0.1) is 5.10 Å². The summed E-state index contributed by atoms with van der Waals surface area (Å²) in [4.78, 5) is 4.41. The highest BCUT2D eigenvalue weighted by Gasteiger charge is 2.17. The average molecular weight is 473 g/mol. The van der Waals surface area contributed by atoms with Gasteiger partial charge in [-0.3, -0.25) is 0 Å². The van der Waals surface area contributed by atoms with Crippen LogP contribution in [-0.4, -0.2) is 65.6 Å². The second-order valence-electron chi connectivity index (χ2n) is 8.17. The van der Waals surface area contributed by atoms with Crippen molar-refractivity contribution in [3.05, 3.63) is 54.3 Å². The monoisotopic (exact) mass is 472 g/mol. The van der Waals surface area contributed by atoms with Crippen molar-refractivity contribution in [3.8, 4) is 23.1 Å². The Morgan fingerprint density at radius 3 is 2.50 bits per heavy atom. The number of rotatable bonds is 14. The number of anilines is 1. The van der Waals surface area contributed by atoms with Gasteiger partial charge in [-0.1, -0.05) is 26.0 Å². The molecular weight excluding hydrogens is 439 g/mol. The van der Waals surface area contributed by atoms with E-state index in [1.807, 2.05) is 31.2 Å². The fourth-order valence-electron chi connectivity index (χ4n) is 3.14. The van der Waals surface area contributed by atoms with E-state index in [1.165, 1.54) is 6.07 Å². The maximum atomic E-state index is 14.5. The van der Waals surface area contributed by atoms with Crippen LogP contribution in [0, 0.1) is 11.7 Å². The Morgan fingerprint density at radius 1 is 1.03 bits per heavy atom. The third-order valence-corrected chi connectivity index (χ3v) is 4.78. The van der Waals surface area contributed by atoms with Crippen molar-refractivity contribution in [2.45, 2.75) is 26.9 Å². The molecule has 0 aliphatic heterocycles. The number of halogens is 1. The first kappa shape index (κ1) is 25.6. The summed E-state index contributed by atoms with van der Waals surface area (Å²) in [5, 5.41) is 17.7. The predicted molar refractivity (Wildman–Crippen MR) is 129 cm³/mol. The Hall–Kier alpha value is -3.01. The highest BCUT2D eigenvalue weighted by atomic mass is 19.1. The Morgan fingerprint density at radius 2 is 1.79 bits per heavy atom. The maximum absolute atomic E-state index is 14.5. The van der Waals surface area contributed by atoms with E-state index in [0.29, 0.717) is 56.0 Å². The van der Waals surface area contributed by atoms with Gasteiger partial charge < -0.3 is 24.6 Å². The Balaban J connectivity index is 1.72. The number of hydrogen-bond acceptors (Lipinski definition) is 7. The van der Waals surface area contributed by atoms with Gasteiger partial charge in [0.1, 0.15) is 12.4 Å². The fourth-order valence-corrected chi connectivity index (χ4v) is 3.14. The average Bonchev–Trinajstić information content (AvgIpc) is 3.25. The maximum Gasteiger partial charge on any atom is 0.336 e. The first-order valence-electron chi connectivity index (χ1n) is 11.5.